The van der Waals surface area contributed by atoms with Gasteiger partial charge in [-0.25, -0.2) is 0 Å². The predicted octanol–water partition coefficient (Wildman–Crippen LogP) is -0.0596. The molecule has 4 heteroatoms. The summed E-state index contributed by atoms with van der Waals surface area (Å²) in [5.74, 6) is -0.470. The highest BCUT2D eigenvalue weighted by Gasteiger charge is 2.28. The van der Waals surface area contributed by atoms with Crippen LogP contribution in [-0.4, -0.2) is 30.3 Å². The van der Waals surface area contributed by atoms with Gasteiger partial charge in [-0.15, -0.1) is 0 Å². The Morgan fingerprint density at radius 2 is 1.64 bits per heavy atom. The summed E-state index contributed by atoms with van der Waals surface area (Å²) in [4.78, 5) is 23.3. The molecule has 0 radical (unpaired) electrons. The summed E-state index contributed by atoms with van der Waals surface area (Å²) in [6.45, 7) is 2.80. The minimum absolute atomic E-state index is 0.153. The fourth-order valence-electron chi connectivity index (χ4n) is 1.42. The average Bonchev–Trinajstić information content (AvgIpc) is 2.20. The van der Waals surface area contributed by atoms with Crippen molar-refractivity contribution in [1.82, 2.24) is 5.32 Å². The number of Topliss-reactive ketones (excluding diaryl/α,β-unsaturated/α-hetero) is 2. The quantitative estimate of drug-likeness (QED) is 0.606. The first kappa shape index (κ1) is 10.7. The molecule has 0 amide bonds. The molecule has 14 heavy (non-hydrogen) atoms. The van der Waals surface area contributed by atoms with Gasteiger partial charge in [0.15, 0.2) is 5.78 Å². The van der Waals surface area contributed by atoms with E-state index in [1.54, 1.807) is 20.9 Å². The van der Waals surface area contributed by atoms with E-state index in [9.17, 15) is 9.59 Å². The van der Waals surface area contributed by atoms with E-state index < -0.39 is 6.61 Å². The third-order valence-corrected chi connectivity index (χ3v) is 2.45. The van der Waals surface area contributed by atoms with Crippen LogP contribution in [0.25, 0.3) is 0 Å². The van der Waals surface area contributed by atoms with Gasteiger partial charge in [0, 0.05) is 18.2 Å². The number of ketones is 2. The minimum Gasteiger partial charge on any atom is -0.391 e. The van der Waals surface area contributed by atoms with E-state index in [1.165, 1.54) is 0 Å². The van der Waals surface area contributed by atoms with Crippen molar-refractivity contribution in [3.63, 3.8) is 0 Å². The lowest BCUT2D eigenvalue weighted by molar-refractivity contribution is -0.117. The molecule has 0 aromatic carbocycles. The van der Waals surface area contributed by atoms with Gasteiger partial charge in [0.1, 0.15) is 0 Å². The Labute approximate surface area is 82.3 Å². The van der Waals surface area contributed by atoms with E-state index in [0.717, 1.165) is 0 Å². The molecule has 1 rings (SSSR count). The summed E-state index contributed by atoms with van der Waals surface area (Å²) in [5.41, 5.74) is 1.22. The van der Waals surface area contributed by atoms with E-state index >= 15 is 0 Å². The van der Waals surface area contributed by atoms with Gasteiger partial charge in [-0.2, -0.15) is 0 Å². The summed E-state index contributed by atoms with van der Waals surface area (Å²) in [6.07, 6.45) is 0. The van der Waals surface area contributed by atoms with Crippen LogP contribution in [0.15, 0.2) is 22.4 Å². The first-order valence-electron chi connectivity index (χ1n) is 4.33. The number of aliphatic hydroxyl groups excluding tert-OH is 1. The highest BCUT2D eigenvalue weighted by atomic mass is 16.3. The zero-order valence-electron chi connectivity index (χ0n) is 8.47. The van der Waals surface area contributed by atoms with E-state index in [0.29, 0.717) is 11.1 Å². The van der Waals surface area contributed by atoms with Crippen LogP contribution >= 0.6 is 0 Å². The average molecular weight is 195 g/mol. The van der Waals surface area contributed by atoms with Gasteiger partial charge in [0.05, 0.1) is 17.9 Å². The van der Waals surface area contributed by atoms with Gasteiger partial charge in [-0.1, -0.05) is 0 Å². The van der Waals surface area contributed by atoms with Crippen molar-refractivity contribution in [2.24, 2.45) is 0 Å². The molecule has 0 aliphatic heterocycles. The van der Waals surface area contributed by atoms with E-state index in [2.05, 4.69) is 5.32 Å². The normalized spacial score (nSPS) is 18.0. The molecule has 0 atom stereocenters. The molecular formula is C10H13NO3. The van der Waals surface area contributed by atoms with Crippen molar-refractivity contribution in [1.29, 1.82) is 0 Å². The standard InChI is InChI=1S/C10H13NO3/c1-5-6(2)10(14)8(11-3)7(4-12)9(5)13/h11-12H,4H2,1-3H3. The number of carbonyl (C=O) groups excluding carboxylic acids is 2. The maximum Gasteiger partial charge on any atom is 0.205 e. The van der Waals surface area contributed by atoms with Crippen molar-refractivity contribution in [2.75, 3.05) is 13.7 Å². The number of hydrogen-bond acceptors (Lipinski definition) is 4. The molecule has 0 heterocycles. The molecule has 1 aliphatic carbocycles. The summed E-state index contributed by atoms with van der Waals surface area (Å²) in [6, 6.07) is 0. The van der Waals surface area contributed by atoms with Crippen molar-refractivity contribution in [3.8, 4) is 0 Å². The van der Waals surface area contributed by atoms with Crippen molar-refractivity contribution >= 4 is 11.6 Å². The zero-order valence-corrected chi connectivity index (χ0v) is 8.47. The molecule has 0 unspecified atom stereocenters. The second-order valence-electron chi connectivity index (χ2n) is 3.17. The number of nitrogens with one attached hydrogen (secondary N) is 1. The van der Waals surface area contributed by atoms with Crippen molar-refractivity contribution in [3.05, 3.63) is 22.4 Å². The van der Waals surface area contributed by atoms with Gasteiger partial charge < -0.3 is 10.4 Å². The van der Waals surface area contributed by atoms with Crippen LogP contribution in [0.2, 0.25) is 0 Å². The lowest BCUT2D eigenvalue weighted by atomic mass is 9.89. The number of carbonyl (C=O) groups is 2. The van der Waals surface area contributed by atoms with Crippen LogP contribution in [0.4, 0.5) is 0 Å². The van der Waals surface area contributed by atoms with E-state index in [4.69, 9.17) is 5.11 Å². The molecule has 0 saturated heterocycles. The Hall–Kier alpha value is -1.42. The molecule has 1 aliphatic rings. The van der Waals surface area contributed by atoms with Gasteiger partial charge in [0.25, 0.3) is 0 Å². The molecule has 0 saturated carbocycles. The molecule has 0 bridgehead atoms. The zero-order chi connectivity index (χ0) is 10.9. The van der Waals surface area contributed by atoms with Crippen molar-refractivity contribution < 1.29 is 14.7 Å². The van der Waals surface area contributed by atoms with Crippen LogP contribution in [0.3, 0.4) is 0 Å². The second kappa shape index (κ2) is 3.75. The SMILES string of the molecule is CNC1=C(CO)C(=O)C(C)=C(C)C1=O. The lowest BCUT2D eigenvalue weighted by Gasteiger charge is -2.18. The van der Waals surface area contributed by atoms with Crippen LogP contribution in [0.1, 0.15) is 13.8 Å². The number of allylic oxidation sites excluding steroid dienone is 2. The van der Waals surface area contributed by atoms with Gasteiger partial charge in [-0.3, -0.25) is 9.59 Å². The molecule has 2 N–H and O–H groups in total. The Bertz CT molecular complexity index is 330. The smallest absolute Gasteiger partial charge is 0.205 e. The van der Waals surface area contributed by atoms with E-state index in [-0.39, 0.29) is 22.8 Å². The molecule has 4 nitrogen and oxygen atoms in total. The second-order valence-corrected chi connectivity index (χ2v) is 3.17. The first-order chi connectivity index (χ1) is 6.54. The Balaban J connectivity index is 3.31. The maximum atomic E-state index is 11.6. The predicted molar refractivity (Wildman–Crippen MR) is 51.6 cm³/mol. The number of aliphatic hydroxyl groups is 1. The lowest BCUT2D eigenvalue weighted by Crippen LogP contribution is -2.29. The van der Waals surface area contributed by atoms with Crippen LogP contribution in [0, 0.1) is 0 Å². The largest absolute Gasteiger partial charge is 0.391 e. The van der Waals surface area contributed by atoms with Crippen LogP contribution < -0.4 is 5.32 Å². The molecular weight excluding hydrogens is 182 g/mol. The van der Waals surface area contributed by atoms with Crippen molar-refractivity contribution in [2.45, 2.75) is 13.8 Å². The third kappa shape index (κ3) is 1.37. The molecule has 0 aromatic heterocycles. The number of rotatable bonds is 2. The fraction of sp³-hybridized carbons (Fsp3) is 0.400. The Morgan fingerprint density at radius 3 is 2.07 bits per heavy atom. The first-order valence-corrected chi connectivity index (χ1v) is 4.33. The van der Waals surface area contributed by atoms with Crippen LogP contribution in [0.5, 0.6) is 0 Å². The summed E-state index contributed by atoms with van der Waals surface area (Å²) in [5, 5.41) is 11.6. The number of hydrogen-bond donors (Lipinski definition) is 2. The summed E-state index contributed by atoms with van der Waals surface area (Å²) < 4.78 is 0. The topological polar surface area (TPSA) is 66.4 Å². The Morgan fingerprint density at radius 1 is 1.14 bits per heavy atom. The number of likely N-dealkylation sites (N-methyl/N-ethyl adjacent to an activating group) is 1. The Kier molecular flexibility index (Phi) is 2.86. The summed E-state index contributed by atoms with van der Waals surface area (Å²) in [7, 11) is 1.56. The highest BCUT2D eigenvalue weighted by molar-refractivity contribution is 6.24. The fourth-order valence-corrected chi connectivity index (χ4v) is 1.42. The minimum atomic E-state index is -0.411. The molecule has 0 aromatic rings. The highest BCUT2D eigenvalue weighted by Crippen LogP contribution is 2.22. The van der Waals surface area contributed by atoms with Gasteiger partial charge in [0.2, 0.25) is 5.78 Å². The maximum absolute atomic E-state index is 11.6. The third-order valence-electron chi connectivity index (χ3n) is 2.45. The van der Waals surface area contributed by atoms with Gasteiger partial charge >= 0.3 is 0 Å². The summed E-state index contributed by atoms with van der Waals surface area (Å²) >= 11 is 0. The molecule has 76 valence electrons. The molecule has 0 fully saturated rings. The van der Waals surface area contributed by atoms with Gasteiger partial charge in [-0.05, 0) is 13.8 Å². The van der Waals surface area contributed by atoms with Crippen LogP contribution in [-0.2, 0) is 9.59 Å². The van der Waals surface area contributed by atoms with E-state index in [1.807, 2.05) is 0 Å². The molecule has 0 spiro atoms. The monoisotopic (exact) mass is 195 g/mol.